The second-order valence-corrected chi connectivity index (χ2v) is 7.25. The van der Waals surface area contributed by atoms with Gasteiger partial charge in [0.25, 0.3) is 0 Å². The zero-order valence-electron chi connectivity index (χ0n) is 15.8. The highest BCUT2D eigenvalue weighted by Gasteiger charge is 2.16. The third kappa shape index (κ3) is 4.55. The first-order valence-electron chi connectivity index (χ1n) is 9.44. The summed E-state index contributed by atoms with van der Waals surface area (Å²) in [5, 5.41) is 3.93. The molecular formula is C22H23ClN2O3. The Morgan fingerprint density at radius 2 is 2.07 bits per heavy atom. The summed E-state index contributed by atoms with van der Waals surface area (Å²) in [6, 6.07) is 15.7. The molecule has 0 saturated carbocycles. The molecule has 146 valence electrons. The Morgan fingerprint density at radius 3 is 2.82 bits per heavy atom. The number of hydrogen-bond acceptors (Lipinski definition) is 5. The minimum atomic E-state index is 0.186. The van der Waals surface area contributed by atoms with Gasteiger partial charge >= 0.3 is 0 Å². The van der Waals surface area contributed by atoms with Crippen molar-refractivity contribution in [2.75, 3.05) is 19.7 Å². The molecule has 1 aromatic heterocycles. The van der Waals surface area contributed by atoms with Gasteiger partial charge in [0.1, 0.15) is 23.8 Å². The number of benzene rings is 2. The molecule has 1 saturated heterocycles. The summed E-state index contributed by atoms with van der Waals surface area (Å²) in [6.45, 7) is 4.72. The first-order chi connectivity index (χ1) is 13.7. The number of hydrogen-bond donors (Lipinski definition) is 1. The van der Waals surface area contributed by atoms with Crippen LogP contribution in [0.4, 0.5) is 0 Å². The molecule has 1 fully saturated rings. The van der Waals surface area contributed by atoms with Gasteiger partial charge in [0.2, 0.25) is 5.89 Å². The molecular weight excluding hydrogens is 376 g/mol. The lowest BCUT2D eigenvalue weighted by Gasteiger charge is -2.23. The van der Waals surface area contributed by atoms with Gasteiger partial charge in [0.15, 0.2) is 0 Å². The number of aryl methyl sites for hydroxylation is 1. The number of ether oxygens (including phenoxy) is 2. The average Bonchev–Trinajstić information content (AvgIpc) is 3.09. The fourth-order valence-electron chi connectivity index (χ4n) is 3.21. The molecule has 2 aromatic carbocycles. The van der Waals surface area contributed by atoms with Gasteiger partial charge in [0, 0.05) is 18.7 Å². The first kappa shape index (κ1) is 19.0. The molecule has 1 aliphatic heterocycles. The van der Waals surface area contributed by atoms with E-state index in [9.17, 15) is 0 Å². The van der Waals surface area contributed by atoms with Gasteiger partial charge in [-0.1, -0.05) is 35.9 Å². The highest BCUT2D eigenvalue weighted by Crippen LogP contribution is 2.28. The van der Waals surface area contributed by atoms with E-state index in [1.54, 1.807) is 0 Å². The van der Waals surface area contributed by atoms with Gasteiger partial charge in [-0.05, 0) is 43.2 Å². The average molecular weight is 399 g/mol. The maximum atomic E-state index is 6.43. The summed E-state index contributed by atoms with van der Waals surface area (Å²) in [5.74, 6) is 1.98. The number of halogens is 1. The van der Waals surface area contributed by atoms with Crippen molar-refractivity contribution in [3.8, 4) is 17.2 Å². The van der Waals surface area contributed by atoms with Crippen molar-refractivity contribution in [3.05, 3.63) is 70.6 Å². The summed E-state index contributed by atoms with van der Waals surface area (Å²) >= 11 is 6.43. The van der Waals surface area contributed by atoms with Crippen molar-refractivity contribution < 1.29 is 13.9 Å². The van der Waals surface area contributed by atoms with Gasteiger partial charge in [0.05, 0.1) is 17.7 Å². The maximum Gasteiger partial charge on any atom is 0.226 e. The van der Waals surface area contributed by atoms with Crippen molar-refractivity contribution in [2.45, 2.75) is 26.1 Å². The molecule has 5 nitrogen and oxygen atoms in total. The molecule has 6 heteroatoms. The molecule has 1 N–H and O–H groups in total. The van der Waals surface area contributed by atoms with Gasteiger partial charge in [-0.2, -0.15) is 0 Å². The van der Waals surface area contributed by atoms with Crippen LogP contribution in [0, 0.1) is 6.92 Å². The highest BCUT2D eigenvalue weighted by atomic mass is 35.5. The summed E-state index contributed by atoms with van der Waals surface area (Å²) in [4.78, 5) is 4.56. The zero-order valence-corrected chi connectivity index (χ0v) is 16.5. The monoisotopic (exact) mass is 398 g/mol. The third-order valence-corrected chi connectivity index (χ3v) is 5.04. The molecule has 0 radical (unpaired) electrons. The van der Waals surface area contributed by atoms with Crippen molar-refractivity contribution in [2.24, 2.45) is 0 Å². The highest BCUT2D eigenvalue weighted by molar-refractivity contribution is 6.32. The van der Waals surface area contributed by atoms with Gasteiger partial charge in [-0.3, -0.25) is 0 Å². The largest absolute Gasteiger partial charge is 0.486 e. The number of morpholine rings is 1. The Labute approximate surface area is 169 Å². The van der Waals surface area contributed by atoms with Crippen molar-refractivity contribution in [3.63, 3.8) is 0 Å². The Balaban J connectivity index is 1.40. The predicted molar refractivity (Wildman–Crippen MR) is 109 cm³/mol. The lowest BCUT2D eigenvalue weighted by Crippen LogP contribution is -2.39. The Bertz CT molecular complexity index is 921. The summed E-state index contributed by atoms with van der Waals surface area (Å²) < 4.78 is 17.4. The normalized spacial score (nSPS) is 16.9. The van der Waals surface area contributed by atoms with E-state index in [0.29, 0.717) is 23.3 Å². The van der Waals surface area contributed by atoms with Crippen LogP contribution >= 0.6 is 11.6 Å². The van der Waals surface area contributed by atoms with Crippen LogP contribution in [0.15, 0.2) is 52.9 Å². The van der Waals surface area contributed by atoms with E-state index < -0.39 is 0 Å². The van der Waals surface area contributed by atoms with Crippen LogP contribution in [0.1, 0.15) is 17.0 Å². The third-order valence-electron chi connectivity index (χ3n) is 4.74. The first-order valence-corrected chi connectivity index (χ1v) is 9.82. The molecule has 1 aliphatic rings. The quantitative estimate of drug-likeness (QED) is 0.666. The fourth-order valence-corrected chi connectivity index (χ4v) is 3.47. The minimum absolute atomic E-state index is 0.186. The molecule has 3 aromatic rings. The molecule has 0 bridgehead atoms. The van der Waals surface area contributed by atoms with Crippen LogP contribution in [0.3, 0.4) is 0 Å². The lowest BCUT2D eigenvalue weighted by molar-refractivity contribution is 0.0292. The summed E-state index contributed by atoms with van der Waals surface area (Å²) in [5.41, 5.74) is 2.84. The van der Waals surface area contributed by atoms with Crippen molar-refractivity contribution >= 4 is 11.6 Å². The van der Waals surface area contributed by atoms with Crippen LogP contribution in [-0.4, -0.2) is 30.8 Å². The van der Waals surface area contributed by atoms with E-state index in [0.717, 1.165) is 48.7 Å². The predicted octanol–water partition coefficient (Wildman–Crippen LogP) is 4.41. The van der Waals surface area contributed by atoms with Gasteiger partial charge in [-0.15, -0.1) is 0 Å². The molecule has 2 heterocycles. The molecule has 0 amide bonds. The van der Waals surface area contributed by atoms with E-state index >= 15 is 0 Å². The topological polar surface area (TPSA) is 56.5 Å². The minimum Gasteiger partial charge on any atom is -0.486 e. The standard InChI is InChI=1S/C22H23ClN2O3/c1-15-20(25-22(28-15)17-5-3-2-4-6-17)14-27-21-8-7-16(12-19(21)23)11-18-13-24-9-10-26-18/h2-8,12,18,24H,9-11,13-14H2,1H3. The molecule has 1 unspecified atom stereocenters. The van der Waals surface area contributed by atoms with Crippen LogP contribution in [0.5, 0.6) is 5.75 Å². The van der Waals surface area contributed by atoms with E-state index in [-0.39, 0.29) is 6.10 Å². The molecule has 0 spiro atoms. The Morgan fingerprint density at radius 1 is 1.21 bits per heavy atom. The van der Waals surface area contributed by atoms with Crippen LogP contribution in [-0.2, 0) is 17.8 Å². The Kier molecular flexibility index (Phi) is 5.95. The van der Waals surface area contributed by atoms with E-state index in [2.05, 4.69) is 10.3 Å². The zero-order chi connectivity index (χ0) is 19.3. The molecule has 28 heavy (non-hydrogen) atoms. The Hall–Kier alpha value is -2.34. The number of nitrogens with one attached hydrogen (secondary N) is 1. The second-order valence-electron chi connectivity index (χ2n) is 6.84. The number of oxazole rings is 1. The summed E-state index contributed by atoms with van der Waals surface area (Å²) in [7, 11) is 0. The van der Waals surface area contributed by atoms with E-state index in [4.69, 9.17) is 25.5 Å². The molecule has 0 aliphatic carbocycles. The van der Waals surface area contributed by atoms with Crippen LogP contribution < -0.4 is 10.1 Å². The SMILES string of the molecule is Cc1oc(-c2ccccc2)nc1COc1ccc(CC2CNCCO2)cc1Cl. The number of rotatable bonds is 6. The van der Waals surface area contributed by atoms with Crippen LogP contribution in [0.2, 0.25) is 5.02 Å². The second kappa shape index (κ2) is 8.78. The number of aromatic nitrogens is 1. The molecule has 4 rings (SSSR count). The smallest absolute Gasteiger partial charge is 0.226 e. The van der Waals surface area contributed by atoms with Gasteiger partial charge < -0.3 is 19.2 Å². The van der Waals surface area contributed by atoms with Gasteiger partial charge in [-0.25, -0.2) is 4.98 Å². The maximum absolute atomic E-state index is 6.43. The summed E-state index contributed by atoms with van der Waals surface area (Å²) in [6.07, 6.45) is 1.02. The van der Waals surface area contributed by atoms with Crippen LogP contribution in [0.25, 0.3) is 11.5 Å². The van der Waals surface area contributed by atoms with Crippen molar-refractivity contribution in [1.82, 2.24) is 10.3 Å². The fraction of sp³-hybridized carbons (Fsp3) is 0.318. The number of nitrogens with zero attached hydrogens (tertiary/aromatic N) is 1. The van der Waals surface area contributed by atoms with Crippen molar-refractivity contribution in [1.29, 1.82) is 0 Å². The lowest BCUT2D eigenvalue weighted by atomic mass is 10.1. The van der Waals surface area contributed by atoms with E-state index in [1.165, 1.54) is 0 Å². The van der Waals surface area contributed by atoms with E-state index in [1.807, 2.05) is 55.5 Å². The molecule has 1 atom stereocenters.